The number of fused-ring (bicyclic) bond motifs is 5. The predicted molar refractivity (Wildman–Crippen MR) is 102 cm³/mol. The summed E-state index contributed by atoms with van der Waals surface area (Å²) < 4.78 is 83.0. The molecule has 0 aromatic heterocycles. The minimum Gasteiger partial charge on any atom is -1.00 e. The summed E-state index contributed by atoms with van der Waals surface area (Å²) in [6, 6.07) is 4.30. The molecule has 0 N–H and O–H groups in total. The van der Waals surface area contributed by atoms with E-state index in [0.717, 1.165) is 16.6 Å². The first kappa shape index (κ1) is 24.1. The number of carbonyl (C=O) groups excluding carboxylic acids is 1. The van der Waals surface area contributed by atoms with Gasteiger partial charge in [0.15, 0.2) is 23.3 Å². The van der Waals surface area contributed by atoms with Crippen LogP contribution in [-0.4, -0.2) is 54.9 Å². The molecule has 3 saturated heterocycles. The molecule has 3 aliphatic rings. The average molecular weight is 534 g/mol. The SMILES string of the molecule is C[N+]1(C)C2CC(OC(=O)C(F)(c3ccc(F)c(F)c3)c3ccc(F)c(F)c3)C[C@H]1[C@H]1OC21.[Br-]. The lowest BCUT2D eigenvalue weighted by molar-refractivity contribution is -0.938. The Hall–Kier alpha value is -2.04. The van der Waals surface area contributed by atoms with Gasteiger partial charge in [-0.3, -0.25) is 0 Å². The number of esters is 1. The lowest BCUT2D eigenvalue weighted by Gasteiger charge is -2.45. The maximum atomic E-state index is 16.4. The maximum Gasteiger partial charge on any atom is 0.353 e. The Bertz CT molecular complexity index is 1040. The van der Waals surface area contributed by atoms with Crippen LogP contribution in [0.25, 0.3) is 0 Å². The summed E-state index contributed by atoms with van der Waals surface area (Å²) in [5.74, 6) is -6.63. The molecular weight excluding hydrogens is 513 g/mol. The van der Waals surface area contributed by atoms with Crippen LogP contribution in [0, 0.1) is 23.3 Å². The third-order valence-corrected chi connectivity index (χ3v) is 7.23. The third kappa shape index (κ3) is 3.66. The van der Waals surface area contributed by atoms with Gasteiger partial charge in [0.1, 0.15) is 30.4 Å². The highest BCUT2D eigenvalue weighted by molar-refractivity contribution is 5.85. The molecule has 3 heterocycles. The zero-order valence-electron chi connectivity index (χ0n) is 17.7. The number of piperidine rings is 1. The number of alkyl halides is 1. The van der Waals surface area contributed by atoms with Gasteiger partial charge in [-0.2, -0.15) is 0 Å². The lowest BCUT2D eigenvalue weighted by Crippen LogP contribution is -3.00. The Labute approximate surface area is 197 Å². The second-order valence-corrected chi connectivity index (χ2v) is 9.24. The highest BCUT2D eigenvalue weighted by Crippen LogP contribution is 2.52. The van der Waals surface area contributed by atoms with Crippen LogP contribution in [0.1, 0.15) is 24.0 Å². The van der Waals surface area contributed by atoms with Crippen LogP contribution < -0.4 is 17.0 Å². The Balaban J connectivity index is 0.00000259. The van der Waals surface area contributed by atoms with Crippen molar-refractivity contribution in [2.45, 2.75) is 48.9 Å². The smallest absolute Gasteiger partial charge is 0.353 e. The van der Waals surface area contributed by atoms with Crippen molar-refractivity contribution in [1.82, 2.24) is 0 Å². The number of benzene rings is 2. The number of epoxide rings is 1. The van der Waals surface area contributed by atoms with Crippen LogP contribution in [0.2, 0.25) is 0 Å². The molecule has 0 radical (unpaired) electrons. The molecule has 5 rings (SSSR count). The van der Waals surface area contributed by atoms with E-state index in [2.05, 4.69) is 14.1 Å². The summed E-state index contributed by atoms with van der Waals surface area (Å²) in [5, 5.41) is 0. The number of hydrogen-bond acceptors (Lipinski definition) is 3. The molecule has 0 spiro atoms. The number of hydrogen-bond donors (Lipinski definition) is 0. The monoisotopic (exact) mass is 533 g/mol. The highest BCUT2D eigenvalue weighted by atomic mass is 79.9. The second-order valence-electron chi connectivity index (χ2n) is 9.24. The fraction of sp³-hybridized carbons (Fsp3) is 0.435. The number of nitrogens with zero attached hydrogens (tertiary/aromatic N) is 1. The van der Waals surface area contributed by atoms with E-state index in [1.807, 2.05) is 0 Å². The Morgan fingerprint density at radius 3 is 1.79 bits per heavy atom. The molecule has 3 unspecified atom stereocenters. The van der Waals surface area contributed by atoms with Crippen LogP contribution in [0.3, 0.4) is 0 Å². The molecule has 10 heteroatoms. The molecule has 2 aromatic rings. The number of rotatable bonds is 4. The zero-order chi connectivity index (χ0) is 23.0. The third-order valence-electron chi connectivity index (χ3n) is 7.23. The number of morpholine rings is 1. The van der Waals surface area contributed by atoms with Crippen LogP contribution in [0.5, 0.6) is 0 Å². The van der Waals surface area contributed by atoms with Crippen molar-refractivity contribution in [2.24, 2.45) is 0 Å². The van der Waals surface area contributed by atoms with E-state index in [4.69, 9.17) is 9.47 Å². The van der Waals surface area contributed by atoms with Crippen molar-refractivity contribution in [3.8, 4) is 0 Å². The standard InChI is InChI=1S/C23H21F5NO3.BrH/c1-29(2)18-9-13(10-19(29)21-20(18)32-21)31-22(30)23(28,11-3-5-14(24)16(26)7-11)12-4-6-15(25)17(27)8-12;/h3-8,13,18-21H,9-10H2,1-2H3;1H/q+1;/p-1/t13?,18-,19?,20+,21?;/m0./s1. The van der Waals surface area contributed by atoms with E-state index in [-0.39, 0.29) is 41.3 Å². The molecule has 4 nitrogen and oxygen atoms in total. The van der Waals surface area contributed by atoms with Gasteiger partial charge in [0.2, 0.25) is 0 Å². The van der Waals surface area contributed by atoms with Gasteiger partial charge < -0.3 is 30.9 Å². The maximum absolute atomic E-state index is 16.4. The molecule has 2 aromatic carbocycles. The molecule has 33 heavy (non-hydrogen) atoms. The van der Waals surface area contributed by atoms with Crippen molar-refractivity contribution in [3.63, 3.8) is 0 Å². The van der Waals surface area contributed by atoms with E-state index in [1.54, 1.807) is 0 Å². The fourth-order valence-corrected chi connectivity index (χ4v) is 5.36. The first-order chi connectivity index (χ1) is 15.0. The minimum atomic E-state index is -3.16. The molecule has 5 atom stereocenters. The first-order valence-electron chi connectivity index (χ1n) is 10.3. The van der Waals surface area contributed by atoms with Crippen molar-refractivity contribution in [2.75, 3.05) is 14.1 Å². The van der Waals surface area contributed by atoms with Gasteiger partial charge in [0.25, 0.3) is 5.67 Å². The van der Waals surface area contributed by atoms with Gasteiger partial charge in [-0.15, -0.1) is 0 Å². The molecule has 3 aliphatic heterocycles. The summed E-state index contributed by atoms with van der Waals surface area (Å²) in [4.78, 5) is 13.1. The van der Waals surface area contributed by atoms with Gasteiger partial charge >= 0.3 is 5.97 Å². The summed E-state index contributed by atoms with van der Waals surface area (Å²) >= 11 is 0. The van der Waals surface area contributed by atoms with Crippen molar-refractivity contribution in [1.29, 1.82) is 0 Å². The normalized spacial score (nSPS) is 29.1. The van der Waals surface area contributed by atoms with Crippen molar-refractivity contribution >= 4 is 5.97 Å². The van der Waals surface area contributed by atoms with Crippen molar-refractivity contribution < 1.29 is 57.7 Å². The zero-order valence-corrected chi connectivity index (χ0v) is 19.3. The molecule has 0 aliphatic carbocycles. The molecule has 3 fully saturated rings. The second kappa shape index (κ2) is 8.02. The highest BCUT2D eigenvalue weighted by Gasteiger charge is 2.71. The van der Waals surface area contributed by atoms with Gasteiger partial charge in [0, 0.05) is 24.0 Å². The Kier molecular flexibility index (Phi) is 5.86. The first-order valence-corrected chi connectivity index (χ1v) is 10.3. The topological polar surface area (TPSA) is 38.8 Å². The van der Waals surface area contributed by atoms with Crippen LogP contribution in [0.15, 0.2) is 36.4 Å². The number of quaternary nitrogens is 1. The predicted octanol–water partition coefficient (Wildman–Crippen LogP) is 0.760. The molecule has 178 valence electrons. The number of halogens is 6. The van der Waals surface area contributed by atoms with E-state index >= 15 is 4.39 Å². The van der Waals surface area contributed by atoms with Gasteiger partial charge in [0.05, 0.1) is 14.1 Å². The summed E-state index contributed by atoms with van der Waals surface area (Å²) in [5.41, 5.74) is -4.31. The van der Waals surface area contributed by atoms with Crippen LogP contribution >= 0.6 is 0 Å². The van der Waals surface area contributed by atoms with Crippen molar-refractivity contribution in [3.05, 3.63) is 70.8 Å². The number of likely N-dealkylation sites (N-methyl/N-ethyl adjacent to an activating group) is 1. The van der Waals surface area contributed by atoms with Crippen LogP contribution in [-0.2, 0) is 19.9 Å². The number of ether oxygens (including phenoxy) is 2. The van der Waals surface area contributed by atoms with Gasteiger partial charge in [-0.1, -0.05) is 12.1 Å². The Morgan fingerprint density at radius 2 is 1.36 bits per heavy atom. The molecule has 0 saturated carbocycles. The summed E-state index contributed by atoms with van der Waals surface area (Å²) in [6.45, 7) is 0. The van der Waals surface area contributed by atoms with E-state index in [1.165, 1.54) is 0 Å². The van der Waals surface area contributed by atoms with E-state index in [9.17, 15) is 22.4 Å². The van der Waals surface area contributed by atoms with Crippen LogP contribution in [0.4, 0.5) is 22.0 Å². The average Bonchev–Trinajstić information content (AvgIpc) is 3.50. The van der Waals surface area contributed by atoms with E-state index < -0.39 is 52.1 Å². The van der Waals surface area contributed by atoms with Gasteiger partial charge in [-0.05, 0) is 24.3 Å². The van der Waals surface area contributed by atoms with Gasteiger partial charge in [-0.25, -0.2) is 26.7 Å². The lowest BCUT2D eigenvalue weighted by atomic mass is 9.87. The Morgan fingerprint density at radius 1 is 0.909 bits per heavy atom. The fourth-order valence-electron chi connectivity index (χ4n) is 5.36. The largest absolute Gasteiger partial charge is 1.00 e. The molecule has 2 bridgehead atoms. The van der Waals surface area contributed by atoms with E-state index in [0.29, 0.717) is 37.1 Å². The molecule has 0 amide bonds. The quantitative estimate of drug-likeness (QED) is 0.252. The summed E-state index contributed by atoms with van der Waals surface area (Å²) in [7, 11) is 4.15. The number of carbonyl (C=O) groups is 1. The summed E-state index contributed by atoms with van der Waals surface area (Å²) in [6.07, 6.45) is 0.424. The molecular formula is C23H21BrF5NO3. The minimum absolute atomic E-state index is 0.